The van der Waals surface area contributed by atoms with Gasteiger partial charge in [-0.25, -0.2) is 0 Å². The first-order valence-electron chi connectivity index (χ1n) is 1.93. The molecule has 0 rings (SSSR count). The van der Waals surface area contributed by atoms with E-state index in [-0.39, 0.29) is 5.95 Å². The summed E-state index contributed by atoms with van der Waals surface area (Å²) in [5, 5.41) is 8.36. The Labute approximate surface area is 47.4 Å². The number of hydrogen-bond acceptors (Lipinski definition) is 2. The van der Waals surface area contributed by atoms with E-state index in [4.69, 9.17) is 16.7 Å². The topological polar surface area (TPSA) is 29.5 Å². The Morgan fingerprint density at radius 3 is 2.71 bits per heavy atom. The summed E-state index contributed by atoms with van der Waals surface area (Å²) in [7, 11) is 0. The zero-order valence-corrected chi connectivity index (χ0v) is 4.77. The van der Waals surface area contributed by atoms with Crippen LogP contribution in [0.15, 0.2) is 11.5 Å². The van der Waals surface area contributed by atoms with Crippen LogP contribution in [0.1, 0.15) is 6.92 Å². The van der Waals surface area contributed by atoms with E-state index in [1.807, 2.05) is 0 Å². The lowest BCUT2D eigenvalue weighted by molar-refractivity contribution is 0.103. The highest BCUT2D eigenvalue weighted by Crippen LogP contribution is 1.91. The Bertz CT molecular complexity index is 70.1. The smallest absolute Gasteiger partial charge is 0.288 e. The van der Waals surface area contributed by atoms with Gasteiger partial charge in [0.1, 0.15) is 0 Å². The van der Waals surface area contributed by atoms with Gasteiger partial charge in [0, 0.05) is 0 Å². The Kier molecular flexibility index (Phi) is 3.61. The third-order valence-corrected chi connectivity index (χ3v) is 0.572. The standard InChI is InChI=1S/C4H7ClO2/c1-2-7-4(6)3-5/h3,6H,2H2,1H3/b4-3-. The molecule has 0 aliphatic carbocycles. The molecular weight excluding hydrogens is 115 g/mol. The normalized spacial score (nSPS) is 11.4. The predicted molar refractivity (Wildman–Crippen MR) is 28.2 cm³/mol. The van der Waals surface area contributed by atoms with Crippen molar-refractivity contribution >= 4 is 11.6 Å². The number of aliphatic hydroxyl groups is 1. The fourth-order valence-electron chi connectivity index (χ4n) is 0.179. The molecule has 0 atom stereocenters. The SMILES string of the molecule is CCO/C(O)=C\Cl. The number of ether oxygens (including phenoxy) is 1. The van der Waals surface area contributed by atoms with Gasteiger partial charge in [-0.05, 0) is 6.92 Å². The summed E-state index contributed by atoms with van der Waals surface area (Å²) in [5.74, 6) is -0.232. The van der Waals surface area contributed by atoms with E-state index in [9.17, 15) is 0 Å². The van der Waals surface area contributed by atoms with Gasteiger partial charge in [0.25, 0.3) is 5.95 Å². The zero-order valence-electron chi connectivity index (χ0n) is 4.02. The minimum atomic E-state index is -0.232. The van der Waals surface area contributed by atoms with Crippen LogP contribution in [0.5, 0.6) is 0 Å². The summed E-state index contributed by atoms with van der Waals surface area (Å²) in [5.41, 5.74) is 0.976. The molecule has 0 heterocycles. The van der Waals surface area contributed by atoms with Gasteiger partial charge in [0.2, 0.25) is 0 Å². The lowest BCUT2D eigenvalue weighted by Crippen LogP contribution is -1.86. The van der Waals surface area contributed by atoms with Crippen LogP contribution in [-0.4, -0.2) is 11.7 Å². The van der Waals surface area contributed by atoms with Gasteiger partial charge in [-0.15, -0.1) is 0 Å². The minimum Gasteiger partial charge on any atom is -0.480 e. The van der Waals surface area contributed by atoms with E-state index < -0.39 is 0 Å². The summed E-state index contributed by atoms with van der Waals surface area (Å²) in [6, 6.07) is 0. The zero-order chi connectivity index (χ0) is 5.70. The van der Waals surface area contributed by atoms with Crippen molar-refractivity contribution in [1.82, 2.24) is 0 Å². The first kappa shape index (κ1) is 6.63. The Balaban J connectivity index is 3.17. The summed E-state index contributed by atoms with van der Waals surface area (Å²) in [6.07, 6.45) is 0. The van der Waals surface area contributed by atoms with Gasteiger partial charge in [-0.1, -0.05) is 11.6 Å². The Morgan fingerprint density at radius 1 is 2.00 bits per heavy atom. The van der Waals surface area contributed by atoms with Crippen molar-refractivity contribution in [3.8, 4) is 0 Å². The van der Waals surface area contributed by atoms with Gasteiger partial charge in [0.05, 0.1) is 12.1 Å². The Morgan fingerprint density at radius 2 is 2.57 bits per heavy atom. The van der Waals surface area contributed by atoms with E-state index >= 15 is 0 Å². The quantitative estimate of drug-likeness (QED) is 0.564. The van der Waals surface area contributed by atoms with Crippen LogP contribution < -0.4 is 0 Å². The molecule has 0 radical (unpaired) electrons. The maximum Gasteiger partial charge on any atom is 0.288 e. The molecule has 7 heavy (non-hydrogen) atoms. The molecule has 0 aromatic carbocycles. The molecule has 2 nitrogen and oxygen atoms in total. The molecule has 0 saturated carbocycles. The van der Waals surface area contributed by atoms with Crippen molar-refractivity contribution in [2.45, 2.75) is 6.92 Å². The molecule has 0 bridgehead atoms. The van der Waals surface area contributed by atoms with Crippen LogP contribution in [0.25, 0.3) is 0 Å². The first-order chi connectivity index (χ1) is 3.31. The van der Waals surface area contributed by atoms with Crippen molar-refractivity contribution in [3.05, 3.63) is 11.5 Å². The largest absolute Gasteiger partial charge is 0.480 e. The first-order valence-corrected chi connectivity index (χ1v) is 2.37. The molecule has 3 heteroatoms. The van der Waals surface area contributed by atoms with E-state index in [2.05, 4.69) is 4.74 Å². The average Bonchev–Trinajstić information content (AvgIpc) is 1.68. The van der Waals surface area contributed by atoms with Crippen molar-refractivity contribution < 1.29 is 9.84 Å². The third-order valence-electron chi connectivity index (χ3n) is 0.386. The monoisotopic (exact) mass is 122 g/mol. The predicted octanol–water partition coefficient (Wildman–Crippen LogP) is 1.62. The van der Waals surface area contributed by atoms with Gasteiger partial charge in [-0.3, -0.25) is 0 Å². The second-order valence-corrected chi connectivity index (χ2v) is 1.10. The molecule has 0 fully saturated rings. The number of halogens is 1. The molecule has 42 valence electrons. The van der Waals surface area contributed by atoms with Gasteiger partial charge in [0.15, 0.2) is 0 Å². The molecule has 0 aliphatic heterocycles. The molecule has 0 aliphatic rings. The molecule has 0 aromatic heterocycles. The Hall–Kier alpha value is -0.370. The fraction of sp³-hybridized carbons (Fsp3) is 0.500. The second kappa shape index (κ2) is 3.81. The highest BCUT2D eigenvalue weighted by atomic mass is 35.5. The molecule has 0 saturated heterocycles. The number of rotatable bonds is 2. The molecular formula is C4H7ClO2. The summed E-state index contributed by atoms with van der Waals surface area (Å²) in [6.45, 7) is 2.20. The van der Waals surface area contributed by atoms with Crippen molar-refractivity contribution in [1.29, 1.82) is 0 Å². The van der Waals surface area contributed by atoms with Crippen molar-refractivity contribution in [2.24, 2.45) is 0 Å². The highest BCUT2D eigenvalue weighted by Gasteiger charge is 1.83. The van der Waals surface area contributed by atoms with E-state index in [0.717, 1.165) is 5.54 Å². The van der Waals surface area contributed by atoms with Gasteiger partial charge in [-0.2, -0.15) is 0 Å². The number of aliphatic hydroxyl groups excluding tert-OH is 1. The summed E-state index contributed by atoms with van der Waals surface area (Å²) < 4.78 is 4.48. The van der Waals surface area contributed by atoms with Crippen molar-refractivity contribution in [3.63, 3.8) is 0 Å². The van der Waals surface area contributed by atoms with Crippen LogP contribution in [0.3, 0.4) is 0 Å². The third kappa shape index (κ3) is 3.46. The van der Waals surface area contributed by atoms with Crippen LogP contribution in [0.2, 0.25) is 0 Å². The fourth-order valence-corrected chi connectivity index (χ4v) is 0.242. The maximum absolute atomic E-state index is 8.36. The summed E-state index contributed by atoms with van der Waals surface area (Å²) in [4.78, 5) is 0. The van der Waals surface area contributed by atoms with E-state index in [1.54, 1.807) is 6.92 Å². The van der Waals surface area contributed by atoms with E-state index in [0.29, 0.717) is 6.61 Å². The van der Waals surface area contributed by atoms with Crippen LogP contribution in [0, 0.1) is 0 Å². The molecule has 0 aromatic rings. The molecule has 1 N–H and O–H groups in total. The lowest BCUT2D eigenvalue weighted by atomic mass is 10.8. The lowest BCUT2D eigenvalue weighted by Gasteiger charge is -1.95. The van der Waals surface area contributed by atoms with Crippen LogP contribution in [-0.2, 0) is 4.74 Å². The second-order valence-electron chi connectivity index (χ2n) is 0.880. The molecule has 0 spiro atoms. The van der Waals surface area contributed by atoms with Crippen LogP contribution >= 0.6 is 11.6 Å². The average molecular weight is 123 g/mol. The molecule has 0 unspecified atom stereocenters. The van der Waals surface area contributed by atoms with E-state index in [1.165, 1.54) is 0 Å². The van der Waals surface area contributed by atoms with Gasteiger partial charge >= 0.3 is 0 Å². The molecule has 0 amide bonds. The van der Waals surface area contributed by atoms with Crippen molar-refractivity contribution in [2.75, 3.05) is 6.61 Å². The highest BCUT2D eigenvalue weighted by molar-refractivity contribution is 6.25. The van der Waals surface area contributed by atoms with Crippen LogP contribution in [0.4, 0.5) is 0 Å². The number of hydrogen-bond donors (Lipinski definition) is 1. The maximum atomic E-state index is 8.36. The van der Waals surface area contributed by atoms with Gasteiger partial charge < -0.3 is 9.84 Å². The minimum absolute atomic E-state index is 0.232. The summed E-state index contributed by atoms with van der Waals surface area (Å²) >= 11 is 4.99.